The second-order valence-corrected chi connectivity index (χ2v) is 7.54. The summed E-state index contributed by atoms with van der Waals surface area (Å²) in [5.74, 6) is 0. The minimum atomic E-state index is -0.548. The van der Waals surface area contributed by atoms with E-state index >= 15 is 0 Å². The quantitative estimate of drug-likeness (QED) is 0.427. The maximum absolute atomic E-state index is 11.3. The molecule has 0 aliphatic heterocycles. The van der Waals surface area contributed by atoms with Gasteiger partial charge < -0.3 is 18.9 Å². The van der Waals surface area contributed by atoms with E-state index in [4.69, 9.17) is 18.9 Å². The molecular weight excluding hydrogens is 436 g/mol. The van der Waals surface area contributed by atoms with E-state index in [1.165, 1.54) is 22.7 Å². The first-order valence-corrected chi connectivity index (χ1v) is 10.9. The molecule has 0 radical (unpaired) electrons. The molecule has 14 heteroatoms. The molecule has 0 unspecified atom stereocenters. The van der Waals surface area contributed by atoms with Crippen molar-refractivity contribution in [2.45, 2.75) is 26.7 Å². The van der Waals surface area contributed by atoms with Crippen molar-refractivity contribution < 1.29 is 28.5 Å². The number of amides is 2. The Balaban J connectivity index is 1.50. The van der Waals surface area contributed by atoms with Gasteiger partial charge in [0.2, 0.25) is 10.3 Å². The van der Waals surface area contributed by atoms with Crippen molar-refractivity contribution >= 4 is 45.1 Å². The topological polar surface area (TPSA) is 147 Å². The van der Waals surface area contributed by atoms with Gasteiger partial charge in [-0.15, -0.1) is 20.4 Å². The van der Waals surface area contributed by atoms with Gasteiger partial charge in [0.05, 0.1) is 39.6 Å². The minimum absolute atomic E-state index is 0.294. The van der Waals surface area contributed by atoms with Crippen molar-refractivity contribution in [1.82, 2.24) is 20.4 Å². The van der Waals surface area contributed by atoms with Crippen LogP contribution in [0.2, 0.25) is 0 Å². The molecule has 2 rings (SSSR count). The number of nitrogens with one attached hydrogen (secondary N) is 2. The normalized spacial score (nSPS) is 10.6. The average molecular weight is 461 g/mol. The molecule has 0 saturated carbocycles. The lowest BCUT2D eigenvalue weighted by molar-refractivity contribution is 0.0500. The predicted molar refractivity (Wildman–Crippen MR) is 110 cm³/mol. The van der Waals surface area contributed by atoms with Gasteiger partial charge in [-0.25, -0.2) is 9.59 Å². The fourth-order valence-electron chi connectivity index (χ4n) is 1.96. The third-order valence-corrected chi connectivity index (χ3v) is 4.99. The molecule has 2 heterocycles. The molecule has 2 N–H and O–H groups in total. The standard InChI is InChI=1S/C16H24N6O6S2/c1-3-27-15(23)17-13-21-19-11(29-13)5-7-25-9-10-26-8-6-12-20-22-14(30-12)18-16(24)28-4-2/h3-10H2,1-2H3,(H,17,21,23)(H,18,22,24). The molecule has 0 bridgehead atoms. The Morgan fingerprint density at radius 3 is 1.57 bits per heavy atom. The number of nitrogens with zero attached hydrogens (tertiary/aromatic N) is 4. The van der Waals surface area contributed by atoms with Crippen LogP contribution in [0.5, 0.6) is 0 Å². The number of carbonyl (C=O) groups is 2. The number of hydrogen-bond acceptors (Lipinski definition) is 12. The molecule has 166 valence electrons. The van der Waals surface area contributed by atoms with E-state index in [2.05, 4.69) is 31.0 Å². The second kappa shape index (κ2) is 13.7. The van der Waals surface area contributed by atoms with Gasteiger partial charge >= 0.3 is 12.2 Å². The Labute approximate surface area is 181 Å². The van der Waals surface area contributed by atoms with E-state index in [1.807, 2.05) is 0 Å². The zero-order valence-corrected chi connectivity index (χ0v) is 18.3. The average Bonchev–Trinajstić information content (AvgIpc) is 3.33. The van der Waals surface area contributed by atoms with E-state index in [1.54, 1.807) is 13.8 Å². The molecule has 2 aromatic rings. The summed E-state index contributed by atoms with van der Waals surface area (Å²) in [6.45, 7) is 5.86. The lowest BCUT2D eigenvalue weighted by atomic mass is 10.5. The molecule has 30 heavy (non-hydrogen) atoms. The molecule has 2 aromatic heterocycles. The molecule has 0 atom stereocenters. The maximum Gasteiger partial charge on any atom is 0.413 e. The molecule has 0 spiro atoms. The van der Waals surface area contributed by atoms with Crippen LogP contribution in [0.4, 0.5) is 19.9 Å². The van der Waals surface area contributed by atoms with Crippen LogP contribution in [0, 0.1) is 0 Å². The minimum Gasteiger partial charge on any atom is -0.450 e. The van der Waals surface area contributed by atoms with Crippen molar-refractivity contribution in [3.05, 3.63) is 10.0 Å². The Bertz CT molecular complexity index is 722. The SMILES string of the molecule is CCOC(=O)Nc1nnc(CCOCCOCCc2nnc(NC(=O)OCC)s2)s1. The lowest BCUT2D eigenvalue weighted by Crippen LogP contribution is -2.12. The number of carbonyl (C=O) groups excluding carboxylic acids is 2. The lowest BCUT2D eigenvalue weighted by Gasteiger charge is -2.04. The van der Waals surface area contributed by atoms with Crippen LogP contribution in [0.15, 0.2) is 0 Å². The molecular formula is C16H24N6O6S2. The van der Waals surface area contributed by atoms with E-state index < -0.39 is 12.2 Å². The van der Waals surface area contributed by atoms with Gasteiger partial charge in [-0.2, -0.15) is 0 Å². The number of aromatic nitrogens is 4. The molecule has 0 fully saturated rings. The number of anilines is 2. The zero-order chi connectivity index (χ0) is 21.6. The van der Waals surface area contributed by atoms with Crippen LogP contribution in [0.1, 0.15) is 23.9 Å². The first kappa shape index (κ1) is 23.9. The summed E-state index contributed by atoms with van der Waals surface area (Å²) in [6.07, 6.45) is 0.0779. The van der Waals surface area contributed by atoms with Gasteiger partial charge in [-0.3, -0.25) is 10.6 Å². The molecule has 2 amide bonds. The van der Waals surface area contributed by atoms with E-state index in [0.717, 1.165) is 10.0 Å². The van der Waals surface area contributed by atoms with Crippen LogP contribution >= 0.6 is 22.7 Å². The van der Waals surface area contributed by atoms with Crippen LogP contribution < -0.4 is 10.6 Å². The number of ether oxygens (including phenoxy) is 4. The largest absolute Gasteiger partial charge is 0.450 e. The second-order valence-electron chi connectivity index (χ2n) is 5.42. The van der Waals surface area contributed by atoms with E-state index in [9.17, 15) is 9.59 Å². The van der Waals surface area contributed by atoms with Crippen LogP contribution in [-0.2, 0) is 31.8 Å². The Kier molecular flexibility index (Phi) is 10.9. The van der Waals surface area contributed by atoms with Crippen LogP contribution in [0.25, 0.3) is 0 Å². The van der Waals surface area contributed by atoms with Gasteiger partial charge in [0.15, 0.2) is 0 Å². The zero-order valence-electron chi connectivity index (χ0n) is 16.7. The van der Waals surface area contributed by atoms with Crippen molar-refractivity contribution in [2.24, 2.45) is 0 Å². The highest BCUT2D eigenvalue weighted by atomic mass is 32.1. The summed E-state index contributed by atoms with van der Waals surface area (Å²) < 4.78 is 20.6. The highest BCUT2D eigenvalue weighted by molar-refractivity contribution is 7.15. The molecule has 0 aliphatic rings. The summed E-state index contributed by atoms with van der Waals surface area (Å²) in [6, 6.07) is 0. The van der Waals surface area contributed by atoms with E-state index in [0.29, 0.717) is 62.7 Å². The van der Waals surface area contributed by atoms with E-state index in [-0.39, 0.29) is 0 Å². The fourth-order valence-corrected chi connectivity index (χ4v) is 3.37. The third-order valence-electron chi connectivity index (χ3n) is 3.20. The smallest absolute Gasteiger partial charge is 0.413 e. The van der Waals surface area contributed by atoms with Gasteiger partial charge in [0.1, 0.15) is 10.0 Å². The Morgan fingerprint density at radius 1 is 0.733 bits per heavy atom. The summed E-state index contributed by atoms with van der Waals surface area (Å²) >= 11 is 2.55. The van der Waals surface area contributed by atoms with Gasteiger partial charge in [0.25, 0.3) is 0 Å². The molecule has 0 aliphatic carbocycles. The Morgan fingerprint density at radius 2 is 1.17 bits per heavy atom. The molecule has 12 nitrogen and oxygen atoms in total. The monoisotopic (exact) mass is 460 g/mol. The molecule has 0 saturated heterocycles. The highest BCUT2D eigenvalue weighted by Gasteiger charge is 2.09. The number of rotatable bonds is 13. The van der Waals surface area contributed by atoms with Crippen molar-refractivity contribution in [3.63, 3.8) is 0 Å². The van der Waals surface area contributed by atoms with Crippen molar-refractivity contribution in [3.8, 4) is 0 Å². The highest BCUT2D eigenvalue weighted by Crippen LogP contribution is 2.16. The van der Waals surface area contributed by atoms with Gasteiger partial charge in [-0.1, -0.05) is 22.7 Å². The molecule has 0 aromatic carbocycles. The van der Waals surface area contributed by atoms with Crippen LogP contribution in [0.3, 0.4) is 0 Å². The van der Waals surface area contributed by atoms with Crippen LogP contribution in [-0.4, -0.2) is 72.2 Å². The fraction of sp³-hybridized carbons (Fsp3) is 0.625. The summed E-state index contributed by atoms with van der Waals surface area (Å²) in [5, 5.41) is 23.0. The first-order chi connectivity index (χ1) is 14.6. The summed E-state index contributed by atoms with van der Waals surface area (Å²) in [5.41, 5.74) is 0. The van der Waals surface area contributed by atoms with Crippen molar-refractivity contribution in [2.75, 3.05) is 50.3 Å². The first-order valence-electron chi connectivity index (χ1n) is 9.28. The summed E-state index contributed by atoms with van der Waals surface area (Å²) in [4.78, 5) is 22.6. The van der Waals surface area contributed by atoms with Crippen molar-refractivity contribution in [1.29, 1.82) is 0 Å². The van der Waals surface area contributed by atoms with Gasteiger partial charge in [-0.05, 0) is 13.8 Å². The number of hydrogen-bond donors (Lipinski definition) is 2. The summed E-state index contributed by atoms with van der Waals surface area (Å²) in [7, 11) is 0. The Hall–Kier alpha value is -2.42. The maximum atomic E-state index is 11.3. The third kappa shape index (κ3) is 9.39. The predicted octanol–water partition coefficient (Wildman–Crippen LogP) is 2.34. The van der Waals surface area contributed by atoms with Gasteiger partial charge in [0, 0.05) is 12.8 Å².